The summed E-state index contributed by atoms with van der Waals surface area (Å²) in [5, 5.41) is 0.702. The van der Waals surface area contributed by atoms with Crippen LogP contribution in [0.2, 0.25) is 0 Å². The second-order valence-corrected chi connectivity index (χ2v) is 2.95. The van der Waals surface area contributed by atoms with Crippen molar-refractivity contribution in [2.24, 2.45) is 0 Å². The minimum Gasteiger partial charge on any atom is -0.352 e. The first-order valence-electron chi connectivity index (χ1n) is 3.64. The van der Waals surface area contributed by atoms with Gasteiger partial charge in [-0.3, -0.25) is 0 Å². The van der Waals surface area contributed by atoms with Gasteiger partial charge in [0.1, 0.15) is 0 Å². The molecule has 0 aromatic heterocycles. The third-order valence-corrected chi connectivity index (χ3v) is 1.52. The lowest BCUT2D eigenvalue weighted by Gasteiger charge is -2.14. The van der Waals surface area contributed by atoms with Crippen molar-refractivity contribution in [3.8, 4) is 0 Å². The van der Waals surface area contributed by atoms with E-state index in [0.29, 0.717) is 18.5 Å². The van der Waals surface area contributed by atoms with E-state index in [1.54, 1.807) is 0 Å². The minimum absolute atomic E-state index is 0.142. The van der Waals surface area contributed by atoms with Gasteiger partial charge in [-0.05, 0) is 13.8 Å². The van der Waals surface area contributed by atoms with Crippen LogP contribution in [-0.2, 0) is 9.47 Å². The molecule has 0 amide bonds. The molecule has 0 aromatic rings. The van der Waals surface area contributed by atoms with Gasteiger partial charge in [-0.2, -0.15) is 0 Å². The van der Waals surface area contributed by atoms with Crippen molar-refractivity contribution in [3.63, 3.8) is 0 Å². The molecule has 0 aromatic carbocycles. The number of hydrogen-bond donors (Lipinski definition) is 0. The summed E-state index contributed by atoms with van der Waals surface area (Å²) in [6.07, 6.45) is -0.142. The first-order chi connectivity index (χ1) is 5.20. The fourth-order valence-corrected chi connectivity index (χ4v) is 0.932. The fraction of sp³-hybridized carbons (Fsp3) is 0.750. The van der Waals surface area contributed by atoms with E-state index < -0.39 is 0 Å². The number of halogens is 1. The van der Waals surface area contributed by atoms with Crippen LogP contribution in [-0.4, -0.2) is 24.8 Å². The van der Waals surface area contributed by atoms with Gasteiger partial charge in [-0.1, -0.05) is 28.1 Å². The standard InChI is InChI=1S/C8H15BrO2/c1-4-10-8(5-9)11-6-7(2)3/h8H,2,4-6H2,1,3H3. The van der Waals surface area contributed by atoms with Crippen LogP contribution in [0.5, 0.6) is 0 Å². The Balaban J connectivity index is 3.43. The van der Waals surface area contributed by atoms with Crippen molar-refractivity contribution in [1.29, 1.82) is 0 Å². The van der Waals surface area contributed by atoms with Gasteiger partial charge in [0, 0.05) is 6.61 Å². The Hall–Kier alpha value is 0.140. The van der Waals surface area contributed by atoms with Gasteiger partial charge < -0.3 is 9.47 Å². The highest BCUT2D eigenvalue weighted by atomic mass is 79.9. The molecule has 0 fully saturated rings. The molecule has 0 spiro atoms. The Labute approximate surface area is 76.7 Å². The number of rotatable bonds is 6. The topological polar surface area (TPSA) is 18.5 Å². The lowest BCUT2D eigenvalue weighted by atomic mass is 10.4. The molecule has 1 unspecified atom stereocenters. The first-order valence-corrected chi connectivity index (χ1v) is 4.76. The van der Waals surface area contributed by atoms with Crippen molar-refractivity contribution < 1.29 is 9.47 Å². The van der Waals surface area contributed by atoms with Crippen LogP contribution in [0.1, 0.15) is 13.8 Å². The molecule has 0 radical (unpaired) electrons. The molecule has 0 heterocycles. The van der Waals surface area contributed by atoms with Gasteiger partial charge in [0.05, 0.1) is 11.9 Å². The quantitative estimate of drug-likeness (QED) is 0.391. The molecule has 1 atom stereocenters. The Bertz CT molecular complexity index is 115. The molecule has 0 N–H and O–H groups in total. The molecule has 2 nitrogen and oxygen atoms in total. The van der Waals surface area contributed by atoms with Gasteiger partial charge >= 0.3 is 0 Å². The van der Waals surface area contributed by atoms with E-state index in [4.69, 9.17) is 9.47 Å². The Morgan fingerprint density at radius 3 is 2.55 bits per heavy atom. The third kappa shape index (κ3) is 6.53. The summed E-state index contributed by atoms with van der Waals surface area (Å²) in [6, 6.07) is 0. The predicted octanol–water partition coefficient (Wildman–Crippen LogP) is 2.34. The molecule has 0 aliphatic carbocycles. The predicted molar refractivity (Wildman–Crippen MR) is 50.0 cm³/mol. The monoisotopic (exact) mass is 222 g/mol. The Morgan fingerprint density at radius 1 is 1.55 bits per heavy atom. The van der Waals surface area contributed by atoms with Gasteiger partial charge in [0.15, 0.2) is 6.29 Å². The Morgan fingerprint density at radius 2 is 2.18 bits per heavy atom. The van der Waals surface area contributed by atoms with E-state index in [1.165, 1.54) is 0 Å². The van der Waals surface area contributed by atoms with E-state index in [-0.39, 0.29) is 6.29 Å². The van der Waals surface area contributed by atoms with E-state index >= 15 is 0 Å². The zero-order chi connectivity index (χ0) is 8.69. The molecule has 0 rings (SSSR count). The van der Waals surface area contributed by atoms with Crippen LogP contribution in [0.4, 0.5) is 0 Å². The molecule has 0 aliphatic heterocycles. The van der Waals surface area contributed by atoms with Gasteiger partial charge in [-0.15, -0.1) is 0 Å². The summed E-state index contributed by atoms with van der Waals surface area (Å²) in [7, 11) is 0. The Kier molecular flexibility index (Phi) is 6.91. The summed E-state index contributed by atoms with van der Waals surface area (Å²) in [5.41, 5.74) is 1.01. The van der Waals surface area contributed by atoms with E-state index in [1.807, 2.05) is 13.8 Å². The van der Waals surface area contributed by atoms with Crippen LogP contribution >= 0.6 is 15.9 Å². The lowest BCUT2D eigenvalue weighted by Crippen LogP contribution is -2.19. The van der Waals surface area contributed by atoms with Gasteiger partial charge in [0.2, 0.25) is 0 Å². The molecule has 0 saturated heterocycles. The van der Waals surface area contributed by atoms with Crippen LogP contribution in [0.15, 0.2) is 12.2 Å². The van der Waals surface area contributed by atoms with E-state index in [9.17, 15) is 0 Å². The summed E-state index contributed by atoms with van der Waals surface area (Å²) >= 11 is 3.29. The number of hydrogen-bond acceptors (Lipinski definition) is 2. The average Bonchev–Trinajstić information content (AvgIpc) is 1.97. The van der Waals surface area contributed by atoms with Crippen molar-refractivity contribution in [1.82, 2.24) is 0 Å². The molecule has 3 heteroatoms. The zero-order valence-corrected chi connectivity index (χ0v) is 8.69. The van der Waals surface area contributed by atoms with Crippen molar-refractivity contribution in [3.05, 3.63) is 12.2 Å². The summed E-state index contributed by atoms with van der Waals surface area (Å²) < 4.78 is 10.6. The maximum absolute atomic E-state index is 5.32. The minimum atomic E-state index is -0.142. The second kappa shape index (κ2) is 6.83. The molecule has 0 saturated carbocycles. The smallest absolute Gasteiger partial charge is 0.167 e. The molecule has 0 bridgehead atoms. The second-order valence-electron chi connectivity index (χ2n) is 2.31. The van der Waals surface area contributed by atoms with Crippen molar-refractivity contribution >= 4 is 15.9 Å². The molecule has 0 aliphatic rings. The molecule has 11 heavy (non-hydrogen) atoms. The fourth-order valence-electron chi connectivity index (χ4n) is 0.558. The lowest BCUT2D eigenvalue weighted by molar-refractivity contribution is -0.116. The van der Waals surface area contributed by atoms with E-state index in [2.05, 4.69) is 22.5 Å². The zero-order valence-electron chi connectivity index (χ0n) is 7.10. The SMILES string of the molecule is C=C(C)COC(CBr)OCC. The van der Waals surface area contributed by atoms with Crippen molar-refractivity contribution in [2.45, 2.75) is 20.1 Å². The van der Waals surface area contributed by atoms with E-state index in [0.717, 1.165) is 5.57 Å². The largest absolute Gasteiger partial charge is 0.352 e. The van der Waals surface area contributed by atoms with Gasteiger partial charge in [-0.25, -0.2) is 0 Å². The molecule has 66 valence electrons. The normalized spacial score (nSPS) is 13.0. The maximum Gasteiger partial charge on any atom is 0.167 e. The van der Waals surface area contributed by atoms with Crippen molar-refractivity contribution in [2.75, 3.05) is 18.5 Å². The average molecular weight is 223 g/mol. The van der Waals surface area contributed by atoms with Crippen LogP contribution in [0.3, 0.4) is 0 Å². The number of ether oxygens (including phenoxy) is 2. The van der Waals surface area contributed by atoms with Crippen LogP contribution in [0, 0.1) is 0 Å². The van der Waals surface area contributed by atoms with Crippen LogP contribution < -0.4 is 0 Å². The molecular formula is C8H15BrO2. The maximum atomic E-state index is 5.32. The molecular weight excluding hydrogens is 208 g/mol. The number of alkyl halides is 1. The van der Waals surface area contributed by atoms with Crippen LogP contribution in [0.25, 0.3) is 0 Å². The summed E-state index contributed by atoms with van der Waals surface area (Å²) in [4.78, 5) is 0. The summed E-state index contributed by atoms with van der Waals surface area (Å²) in [5.74, 6) is 0. The highest BCUT2D eigenvalue weighted by Gasteiger charge is 2.04. The highest BCUT2D eigenvalue weighted by Crippen LogP contribution is 2.01. The summed E-state index contributed by atoms with van der Waals surface area (Å²) in [6.45, 7) is 8.84. The third-order valence-electron chi connectivity index (χ3n) is 0.994. The first kappa shape index (κ1) is 11.1. The van der Waals surface area contributed by atoms with Gasteiger partial charge in [0.25, 0.3) is 0 Å². The highest BCUT2D eigenvalue weighted by molar-refractivity contribution is 9.09.